The normalized spacial score (nSPS) is 22.1. The summed E-state index contributed by atoms with van der Waals surface area (Å²) in [4.78, 5) is 54.5. The van der Waals surface area contributed by atoms with Crippen molar-refractivity contribution < 1.29 is 41.5 Å². The number of nitrogens with one attached hydrogen (secondary N) is 2. The summed E-state index contributed by atoms with van der Waals surface area (Å²) in [6, 6.07) is 7.77. The largest absolute Gasteiger partial charge is 0.497 e. The van der Waals surface area contributed by atoms with Gasteiger partial charge in [0.25, 0.3) is 11.8 Å². The number of amidine groups is 1. The maximum absolute atomic E-state index is 14.4. The van der Waals surface area contributed by atoms with Crippen LogP contribution in [0.5, 0.6) is 5.75 Å². The molecule has 34 heavy (non-hydrogen) atoms. The highest BCUT2D eigenvalue weighted by Crippen LogP contribution is 2.44. The molecule has 2 aliphatic heterocycles. The minimum atomic E-state index is -5.50. The number of hydrogen-bond acceptors (Lipinski definition) is 5. The van der Waals surface area contributed by atoms with E-state index in [2.05, 4.69) is 4.99 Å². The number of fused-ring (bicyclic) bond motifs is 1. The number of halogens is 4. The summed E-state index contributed by atoms with van der Waals surface area (Å²) in [6.45, 7) is 0. The number of methoxy groups -OCH3 is 1. The maximum Gasteiger partial charge on any atom is 0.422 e. The average Bonchev–Trinajstić information content (AvgIpc) is 3.07. The third-order valence-electron chi connectivity index (χ3n) is 5.36. The lowest BCUT2D eigenvalue weighted by Gasteiger charge is -2.39. The van der Waals surface area contributed by atoms with Gasteiger partial charge in [-0.05, 0) is 48.5 Å². The number of aliphatic imine (C=N–C) groups is 1. The van der Waals surface area contributed by atoms with Crippen LogP contribution in [0.1, 0.15) is 10.4 Å². The van der Waals surface area contributed by atoms with Gasteiger partial charge in [-0.15, -0.1) is 0 Å². The molecule has 1 fully saturated rings. The molecule has 0 aliphatic carbocycles. The second-order valence-electron chi connectivity index (χ2n) is 7.30. The van der Waals surface area contributed by atoms with Crippen LogP contribution < -0.4 is 20.3 Å². The van der Waals surface area contributed by atoms with Crippen molar-refractivity contribution in [2.45, 2.75) is 11.7 Å². The zero-order chi connectivity index (χ0) is 24.8. The molecule has 2 aromatic rings. The zero-order valence-electron chi connectivity index (χ0n) is 17.1. The number of carbonyl (C=O) groups is 4. The number of imide groups is 1. The Hall–Kier alpha value is -4.29. The van der Waals surface area contributed by atoms with Crippen molar-refractivity contribution in [3.63, 3.8) is 0 Å². The molecule has 0 aromatic heterocycles. The molecule has 0 spiro atoms. The summed E-state index contributed by atoms with van der Waals surface area (Å²) in [6.07, 6.45) is -5.50. The number of amides is 5. The van der Waals surface area contributed by atoms with E-state index >= 15 is 0 Å². The van der Waals surface area contributed by atoms with Gasteiger partial charge >= 0.3 is 12.2 Å². The van der Waals surface area contributed by atoms with Crippen LogP contribution in [0, 0.1) is 11.7 Å². The molecule has 2 aromatic carbocycles. The van der Waals surface area contributed by atoms with Crippen LogP contribution >= 0.6 is 0 Å². The van der Waals surface area contributed by atoms with Gasteiger partial charge in [0.15, 0.2) is 0 Å². The van der Waals surface area contributed by atoms with Crippen molar-refractivity contribution in [2.75, 3.05) is 12.0 Å². The van der Waals surface area contributed by atoms with Crippen LogP contribution in [0.2, 0.25) is 0 Å². The molecule has 0 bridgehead atoms. The fourth-order valence-electron chi connectivity index (χ4n) is 3.72. The monoisotopic (exact) mass is 478 g/mol. The molecule has 2 aliphatic rings. The van der Waals surface area contributed by atoms with Gasteiger partial charge in [0.05, 0.1) is 12.8 Å². The number of nitrogens with zero attached hydrogens (tertiary/aromatic N) is 2. The molecular formula is C21H14F4N4O5. The van der Waals surface area contributed by atoms with E-state index < -0.39 is 58.6 Å². The fraction of sp³-hybridized carbons (Fsp3) is 0.190. The molecule has 4 rings (SSSR count). The molecule has 13 heteroatoms. The van der Waals surface area contributed by atoms with Gasteiger partial charge < -0.3 is 10.1 Å². The van der Waals surface area contributed by atoms with E-state index in [1.165, 1.54) is 31.4 Å². The smallest absolute Gasteiger partial charge is 0.422 e. The highest BCUT2D eigenvalue weighted by Gasteiger charge is 2.74. The Labute approximate surface area is 188 Å². The van der Waals surface area contributed by atoms with E-state index in [4.69, 9.17) is 4.74 Å². The van der Waals surface area contributed by atoms with E-state index in [0.29, 0.717) is 10.6 Å². The highest BCUT2D eigenvalue weighted by atomic mass is 19.4. The first-order chi connectivity index (χ1) is 16.0. The van der Waals surface area contributed by atoms with E-state index in [1.54, 1.807) is 10.6 Å². The number of urea groups is 1. The molecule has 9 nitrogen and oxygen atoms in total. The molecule has 1 saturated heterocycles. The Balaban J connectivity index is 1.80. The topological polar surface area (TPSA) is 117 Å². The van der Waals surface area contributed by atoms with Crippen LogP contribution in [0.15, 0.2) is 53.5 Å². The van der Waals surface area contributed by atoms with E-state index in [9.17, 15) is 36.7 Å². The number of benzene rings is 2. The number of anilines is 1. The van der Waals surface area contributed by atoms with Crippen molar-refractivity contribution in [1.82, 2.24) is 10.6 Å². The van der Waals surface area contributed by atoms with Crippen molar-refractivity contribution in [2.24, 2.45) is 10.9 Å². The number of carbonyl (C=O) groups excluding carboxylic acids is 4. The molecule has 5 amide bonds. The summed E-state index contributed by atoms with van der Waals surface area (Å²) in [5.41, 5.74) is -4.21. The lowest BCUT2D eigenvalue weighted by molar-refractivity contribution is -0.201. The van der Waals surface area contributed by atoms with Gasteiger partial charge in [-0.3, -0.25) is 19.7 Å². The molecule has 2 atom stereocenters. The first-order valence-electron chi connectivity index (χ1n) is 9.56. The van der Waals surface area contributed by atoms with Gasteiger partial charge in [0.2, 0.25) is 11.4 Å². The van der Waals surface area contributed by atoms with Gasteiger partial charge in [0, 0.05) is 5.56 Å². The first-order valence-corrected chi connectivity index (χ1v) is 9.56. The van der Waals surface area contributed by atoms with Crippen LogP contribution in [-0.4, -0.2) is 48.4 Å². The number of alkyl halides is 3. The minimum absolute atomic E-state index is 0.00909. The molecule has 0 saturated carbocycles. The van der Waals surface area contributed by atoms with E-state index in [0.717, 1.165) is 24.3 Å². The van der Waals surface area contributed by atoms with Crippen molar-refractivity contribution in [3.8, 4) is 5.75 Å². The van der Waals surface area contributed by atoms with Crippen LogP contribution in [-0.2, 0) is 9.59 Å². The Kier molecular flexibility index (Phi) is 5.34. The summed E-state index contributed by atoms with van der Waals surface area (Å²) in [5.74, 6) is -8.36. The van der Waals surface area contributed by atoms with Crippen molar-refractivity contribution in [1.29, 1.82) is 0 Å². The molecule has 2 unspecified atom stereocenters. The molecule has 0 radical (unpaired) electrons. The number of hydrogen-bond donors (Lipinski definition) is 2. The summed E-state index contributed by atoms with van der Waals surface area (Å²) < 4.78 is 61.4. The first kappa shape index (κ1) is 22.9. The van der Waals surface area contributed by atoms with Crippen molar-refractivity contribution in [3.05, 3.63) is 59.9 Å². The second kappa shape index (κ2) is 7.93. The standard InChI is InChI=1S/C21H14F4N4O5/c1-34-13-8-6-12(7-9-13)29-15-14(17(31)27-19(29)33)20(18(32)26-15,21(23,24)25)28-16(30)10-2-4-11(22)5-3-10/h2-9,14H,1H3,(H,28,30)(H,27,31,33). The van der Waals surface area contributed by atoms with Crippen molar-refractivity contribution >= 4 is 35.3 Å². The zero-order valence-corrected chi connectivity index (χ0v) is 17.1. The molecule has 176 valence electrons. The molecular weight excluding hydrogens is 464 g/mol. The fourth-order valence-corrected chi connectivity index (χ4v) is 3.72. The lowest BCUT2D eigenvalue weighted by Crippen LogP contribution is -2.72. The average molecular weight is 478 g/mol. The number of ether oxygens (including phenoxy) is 1. The Morgan fingerprint density at radius 1 is 1.09 bits per heavy atom. The van der Waals surface area contributed by atoms with Gasteiger partial charge in [-0.1, -0.05) is 0 Å². The molecule has 2 N–H and O–H groups in total. The number of rotatable bonds is 4. The Morgan fingerprint density at radius 3 is 2.26 bits per heavy atom. The lowest BCUT2D eigenvalue weighted by atomic mass is 9.81. The predicted octanol–water partition coefficient (Wildman–Crippen LogP) is 2.18. The summed E-state index contributed by atoms with van der Waals surface area (Å²) in [5, 5.41) is 3.36. The summed E-state index contributed by atoms with van der Waals surface area (Å²) in [7, 11) is 1.37. The van der Waals surface area contributed by atoms with Gasteiger partial charge in [-0.25, -0.2) is 14.1 Å². The second-order valence-corrected chi connectivity index (χ2v) is 7.30. The van der Waals surface area contributed by atoms with Gasteiger partial charge in [-0.2, -0.15) is 18.2 Å². The molecule has 2 heterocycles. The SMILES string of the molecule is COc1ccc(N2C(=O)NC(=O)C3C2=NC(=O)C3(NC(=O)c2ccc(F)cc2)C(F)(F)F)cc1. The predicted molar refractivity (Wildman–Crippen MR) is 108 cm³/mol. The Bertz CT molecular complexity index is 1230. The van der Waals surface area contributed by atoms with E-state index in [-0.39, 0.29) is 5.69 Å². The Morgan fingerprint density at radius 2 is 1.71 bits per heavy atom. The van der Waals surface area contributed by atoms with Crippen LogP contribution in [0.4, 0.5) is 28.0 Å². The maximum atomic E-state index is 14.4. The third kappa shape index (κ3) is 3.45. The van der Waals surface area contributed by atoms with Gasteiger partial charge in [0.1, 0.15) is 23.3 Å². The van der Waals surface area contributed by atoms with Crippen LogP contribution in [0.3, 0.4) is 0 Å². The highest BCUT2D eigenvalue weighted by molar-refractivity contribution is 6.35. The summed E-state index contributed by atoms with van der Waals surface area (Å²) >= 11 is 0. The van der Waals surface area contributed by atoms with E-state index in [1.807, 2.05) is 0 Å². The quantitative estimate of drug-likeness (QED) is 0.654. The third-order valence-corrected chi connectivity index (χ3v) is 5.36. The minimum Gasteiger partial charge on any atom is -0.497 e. The van der Waals surface area contributed by atoms with Crippen LogP contribution in [0.25, 0.3) is 0 Å².